The molecule has 1 aliphatic rings. The summed E-state index contributed by atoms with van der Waals surface area (Å²) in [5, 5.41) is 3.57. The minimum absolute atomic E-state index is 0.0937. The van der Waals surface area contributed by atoms with Gasteiger partial charge in [0.2, 0.25) is 0 Å². The van der Waals surface area contributed by atoms with Crippen LogP contribution in [0.15, 0.2) is 22.7 Å². The normalized spacial score (nSPS) is 18.9. The van der Waals surface area contributed by atoms with Gasteiger partial charge in [-0.15, -0.1) is 0 Å². The minimum Gasteiger partial charge on any atom is -0.374 e. The number of hydrogen-bond acceptors (Lipinski definition) is 2. The molecule has 0 aliphatic heterocycles. The zero-order valence-electron chi connectivity index (χ0n) is 12.9. The van der Waals surface area contributed by atoms with Gasteiger partial charge in [-0.3, -0.25) is 0 Å². The van der Waals surface area contributed by atoms with Gasteiger partial charge in [-0.2, -0.15) is 0 Å². The van der Waals surface area contributed by atoms with Crippen LogP contribution in [0, 0.1) is 5.82 Å². The van der Waals surface area contributed by atoms with Crippen LogP contribution in [0.25, 0.3) is 0 Å². The van der Waals surface area contributed by atoms with Crippen LogP contribution in [0.2, 0.25) is 0 Å². The van der Waals surface area contributed by atoms with Crippen LogP contribution in [-0.2, 0) is 11.2 Å². The van der Waals surface area contributed by atoms with E-state index in [0.29, 0.717) is 0 Å². The van der Waals surface area contributed by atoms with Crippen molar-refractivity contribution in [1.29, 1.82) is 0 Å². The van der Waals surface area contributed by atoms with Crippen LogP contribution in [0.5, 0.6) is 0 Å². The second-order valence-electron chi connectivity index (χ2n) is 5.80. The SMILES string of the molecule is CCNC(Cc1cc(F)cc(Br)c1)C1(OCC)CCCC1. The maximum absolute atomic E-state index is 13.6. The van der Waals surface area contributed by atoms with Crippen LogP contribution in [0.4, 0.5) is 4.39 Å². The first-order chi connectivity index (χ1) is 10.1. The Balaban J connectivity index is 2.21. The molecule has 0 bridgehead atoms. The van der Waals surface area contributed by atoms with Crippen molar-refractivity contribution in [1.82, 2.24) is 5.32 Å². The molecule has 1 aliphatic carbocycles. The van der Waals surface area contributed by atoms with Gasteiger partial charge in [-0.25, -0.2) is 4.39 Å². The van der Waals surface area contributed by atoms with Gasteiger partial charge in [0.15, 0.2) is 0 Å². The maximum atomic E-state index is 13.6. The number of rotatable bonds is 7. The Bertz CT molecular complexity index is 440. The highest BCUT2D eigenvalue weighted by atomic mass is 79.9. The van der Waals surface area contributed by atoms with Crippen molar-refractivity contribution >= 4 is 15.9 Å². The number of ether oxygens (including phenoxy) is 1. The highest BCUT2D eigenvalue weighted by molar-refractivity contribution is 9.10. The van der Waals surface area contributed by atoms with E-state index in [1.54, 1.807) is 6.07 Å². The second-order valence-corrected chi connectivity index (χ2v) is 6.71. The van der Waals surface area contributed by atoms with Gasteiger partial charge in [0.1, 0.15) is 5.82 Å². The molecular formula is C17H25BrFNO. The highest BCUT2D eigenvalue weighted by Gasteiger charge is 2.41. The Morgan fingerprint density at radius 3 is 2.57 bits per heavy atom. The molecule has 2 rings (SSSR count). The van der Waals surface area contributed by atoms with Gasteiger partial charge in [0.05, 0.1) is 5.60 Å². The molecule has 1 saturated carbocycles. The van der Waals surface area contributed by atoms with Crippen LogP contribution in [-0.4, -0.2) is 24.8 Å². The summed E-state index contributed by atoms with van der Waals surface area (Å²) >= 11 is 3.38. The number of likely N-dealkylation sites (N-methyl/N-ethyl adjacent to an activating group) is 1. The van der Waals surface area contributed by atoms with Gasteiger partial charge in [0.25, 0.3) is 0 Å². The highest BCUT2D eigenvalue weighted by Crippen LogP contribution is 2.37. The first kappa shape index (κ1) is 16.9. The Morgan fingerprint density at radius 1 is 1.29 bits per heavy atom. The fourth-order valence-electron chi connectivity index (χ4n) is 3.51. The summed E-state index contributed by atoms with van der Waals surface area (Å²) in [5.74, 6) is -0.188. The smallest absolute Gasteiger partial charge is 0.124 e. The molecule has 1 fully saturated rings. The zero-order valence-corrected chi connectivity index (χ0v) is 14.5. The minimum atomic E-state index is -0.188. The van der Waals surface area contributed by atoms with Gasteiger partial charge in [-0.1, -0.05) is 35.7 Å². The number of nitrogens with one attached hydrogen (secondary N) is 1. The Hall–Kier alpha value is -0.450. The van der Waals surface area contributed by atoms with E-state index in [-0.39, 0.29) is 17.5 Å². The zero-order chi connectivity index (χ0) is 15.3. The molecule has 0 saturated heterocycles. The van der Waals surface area contributed by atoms with Crippen LogP contribution >= 0.6 is 15.9 Å². The third-order valence-electron chi connectivity index (χ3n) is 4.33. The molecule has 0 aromatic heterocycles. The van der Waals surface area contributed by atoms with Gasteiger partial charge in [-0.05, 0) is 56.5 Å². The molecule has 1 atom stereocenters. The van der Waals surface area contributed by atoms with E-state index in [1.807, 2.05) is 6.07 Å². The lowest BCUT2D eigenvalue weighted by molar-refractivity contribution is -0.0609. The van der Waals surface area contributed by atoms with Crippen molar-refractivity contribution in [3.63, 3.8) is 0 Å². The van der Waals surface area contributed by atoms with Crippen LogP contribution in [0.3, 0.4) is 0 Å². The van der Waals surface area contributed by atoms with Gasteiger partial charge in [0, 0.05) is 17.1 Å². The van der Waals surface area contributed by atoms with E-state index in [0.717, 1.165) is 42.5 Å². The van der Waals surface area contributed by atoms with Crippen molar-refractivity contribution in [3.8, 4) is 0 Å². The summed E-state index contributed by atoms with van der Waals surface area (Å²) in [5.41, 5.74) is 0.919. The fourth-order valence-corrected chi connectivity index (χ4v) is 4.02. The third-order valence-corrected chi connectivity index (χ3v) is 4.79. The van der Waals surface area contributed by atoms with E-state index in [9.17, 15) is 4.39 Å². The molecule has 21 heavy (non-hydrogen) atoms. The molecule has 2 nitrogen and oxygen atoms in total. The lowest BCUT2D eigenvalue weighted by Gasteiger charge is -2.38. The Labute approximate surface area is 135 Å². The number of hydrogen-bond donors (Lipinski definition) is 1. The standard InChI is InChI=1S/C17H25BrFNO/c1-3-20-16(17(21-4-2)7-5-6-8-17)11-13-9-14(18)12-15(19)10-13/h9-10,12,16,20H,3-8,11H2,1-2H3. The predicted octanol–water partition coefficient (Wildman–Crippen LogP) is 4.46. The topological polar surface area (TPSA) is 21.3 Å². The largest absolute Gasteiger partial charge is 0.374 e. The third kappa shape index (κ3) is 4.27. The maximum Gasteiger partial charge on any atom is 0.124 e. The molecule has 0 radical (unpaired) electrons. The molecule has 0 amide bonds. The van der Waals surface area contributed by atoms with E-state index in [1.165, 1.54) is 18.9 Å². The molecule has 1 aromatic carbocycles. The first-order valence-electron chi connectivity index (χ1n) is 7.92. The van der Waals surface area contributed by atoms with Crippen molar-refractivity contribution < 1.29 is 9.13 Å². The molecule has 1 aromatic rings. The van der Waals surface area contributed by atoms with E-state index < -0.39 is 0 Å². The number of halogens is 2. The number of benzene rings is 1. The van der Waals surface area contributed by atoms with Crippen molar-refractivity contribution in [2.45, 2.75) is 57.6 Å². The quantitative estimate of drug-likeness (QED) is 0.777. The lowest BCUT2D eigenvalue weighted by Crippen LogP contribution is -2.52. The van der Waals surface area contributed by atoms with Crippen molar-refractivity contribution in [3.05, 3.63) is 34.1 Å². The summed E-state index contributed by atoms with van der Waals surface area (Å²) < 4.78 is 20.6. The van der Waals surface area contributed by atoms with Crippen LogP contribution in [0.1, 0.15) is 45.1 Å². The second kappa shape index (κ2) is 7.70. The summed E-state index contributed by atoms with van der Waals surface area (Å²) in [6.07, 6.45) is 5.41. The fraction of sp³-hybridized carbons (Fsp3) is 0.647. The average molecular weight is 358 g/mol. The molecule has 1 unspecified atom stereocenters. The summed E-state index contributed by atoms with van der Waals surface area (Å²) in [4.78, 5) is 0. The van der Waals surface area contributed by atoms with E-state index in [2.05, 4.69) is 35.1 Å². The van der Waals surface area contributed by atoms with Crippen molar-refractivity contribution in [2.75, 3.05) is 13.2 Å². The van der Waals surface area contributed by atoms with E-state index >= 15 is 0 Å². The molecular weight excluding hydrogens is 333 g/mol. The summed E-state index contributed by atoms with van der Waals surface area (Å²) in [6, 6.07) is 5.37. The molecule has 0 heterocycles. The molecule has 0 spiro atoms. The summed E-state index contributed by atoms with van der Waals surface area (Å²) in [6.45, 7) is 5.80. The first-order valence-corrected chi connectivity index (χ1v) is 8.71. The van der Waals surface area contributed by atoms with Gasteiger partial charge >= 0.3 is 0 Å². The monoisotopic (exact) mass is 357 g/mol. The van der Waals surface area contributed by atoms with Crippen LogP contribution < -0.4 is 5.32 Å². The Kier molecular flexibility index (Phi) is 6.20. The van der Waals surface area contributed by atoms with Crippen molar-refractivity contribution in [2.24, 2.45) is 0 Å². The van der Waals surface area contributed by atoms with Gasteiger partial charge < -0.3 is 10.1 Å². The summed E-state index contributed by atoms with van der Waals surface area (Å²) in [7, 11) is 0. The predicted molar refractivity (Wildman–Crippen MR) is 88.1 cm³/mol. The molecule has 4 heteroatoms. The Morgan fingerprint density at radius 2 is 2.00 bits per heavy atom. The molecule has 1 N–H and O–H groups in total. The molecule has 118 valence electrons. The van der Waals surface area contributed by atoms with E-state index in [4.69, 9.17) is 4.74 Å². The lowest BCUT2D eigenvalue weighted by atomic mass is 9.87. The average Bonchev–Trinajstić information content (AvgIpc) is 2.87.